The molecule has 1 aromatic rings. The van der Waals surface area contributed by atoms with E-state index in [9.17, 15) is 0 Å². The maximum atomic E-state index is 4.67. The first-order valence-corrected chi connectivity index (χ1v) is 9.21. The van der Waals surface area contributed by atoms with Crippen LogP contribution in [0.15, 0.2) is 10.7 Å². The molecule has 1 fully saturated rings. The molecule has 0 atom stereocenters. The Hall–Kier alpha value is -0.290. The Morgan fingerprint density at radius 1 is 1.30 bits per heavy atom. The molecule has 0 aromatic carbocycles. The Kier molecular flexibility index (Phi) is 5.00. The summed E-state index contributed by atoms with van der Waals surface area (Å²) in [6.07, 6.45) is 7.54. The number of nitrogens with one attached hydrogen (secondary N) is 1. The predicted molar refractivity (Wildman–Crippen MR) is 91.6 cm³/mol. The van der Waals surface area contributed by atoms with Gasteiger partial charge in [-0.15, -0.1) is 0 Å². The standard InChI is InChI=1S/C15H24BrN3S/c1-14(2,3)13-18-11(16)9-12(19-13)17-10-15(20-4)7-5-6-8-15/h9H,5-8,10H2,1-4H3,(H,17,18,19). The third kappa shape index (κ3) is 3.88. The summed E-state index contributed by atoms with van der Waals surface area (Å²) < 4.78 is 1.24. The molecule has 0 unspecified atom stereocenters. The smallest absolute Gasteiger partial charge is 0.137 e. The Morgan fingerprint density at radius 3 is 2.50 bits per heavy atom. The van der Waals surface area contributed by atoms with Gasteiger partial charge in [0.1, 0.15) is 16.2 Å². The lowest BCUT2D eigenvalue weighted by Gasteiger charge is -2.27. The van der Waals surface area contributed by atoms with E-state index in [1.807, 2.05) is 17.8 Å². The van der Waals surface area contributed by atoms with Crippen LogP contribution in [-0.2, 0) is 5.41 Å². The average Bonchev–Trinajstić information content (AvgIpc) is 2.84. The largest absolute Gasteiger partial charge is 0.369 e. The lowest BCUT2D eigenvalue weighted by atomic mass is 9.96. The minimum Gasteiger partial charge on any atom is -0.369 e. The topological polar surface area (TPSA) is 37.8 Å². The molecule has 0 amide bonds. The fourth-order valence-corrected chi connectivity index (χ4v) is 3.87. The highest BCUT2D eigenvalue weighted by Gasteiger charge is 2.32. The lowest BCUT2D eigenvalue weighted by Crippen LogP contribution is -2.30. The van der Waals surface area contributed by atoms with Gasteiger partial charge in [0.15, 0.2) is 0 Å². The number of aromatic nitrogens is 2. The van der Waals surface area contributed by atoms with Gasteiger partial charge >= 0.3 is 0 Å². The molecular weight excluding hydrogens is 334 g/mol. The van der Waals surface area contributed by atoms with Gasteiger partial charge in [-0.2, -0.15) is 11.8 Å². The van der Waals surface area contributed by atoms with Crippen LogP contribution in [0.5, 0.6) is 0 Å². The summed E-state index contributed by atoms with van der Waals surface area (Å²) in [7, 11) is 0. The second kappa shape index (κ2) is 6.22. The van der Waals surface area contributed by atoms with E-state index in [2.05, 4.69) is 58.2 Å². The molecule has 1 N–H and O–H groups in total. The Morgan fingerprint density at radius 2 is 1.95 bits per heavy atom. The van der Waals surface area contributed by atoms with Crippen molar-refractivity contribution in [2.24, 2.45) is 0 Å². The lowest BCUT2D eigenvalue weighted by molar-refractivity contribution is 0.543. The molecule has 1 aromatic heterocycles. The van der Waals surface area contributed by atoms with Crippen molar-refractivity contribution in [2.45, 2.75) is 56.6 Å². The first-order chi connectivity index (χ1) is 9.35. The number of hydrogen-bond donors (Lipinski definition) is 1. The van der Waals surface area contributed by atoms with Crippen LogP contribution in [-0.4, -0.2) is 27.5 Å². The number of nitrogens with zero attached hydrogens (tertiary/aromatic N) is 2. The van der Waals surface area contributed by atoms with E-state index in [0.717, 1.165) is 22.8 Å². The van der Waals surface area contributed by atoms with E-state index in [1.54, 1.807) is 0 Å². The zero-order valence-corrected chi connectivity index (χ0v) is 15.2. The highest BCUT2D eigenvalue weighted by molar-refractivity contribution is 9.10. The summed E-state index contributed by atoms with van der Waals surface area (Å²) in [4.78, 5) is 9.15. The van der Waals surface area contributed by atoms with Gasteiger partial charge in [-0.05, 0) is 35.0 Å². The van der Waals surface area contributed by atoms with Gasteiger partial charge in [0.05, 0.1) is 0 Å². The maximum absolute atomic E-state index is 4.67. The summed E-state index contributed by atoms with van der Waals surface area (Å²) in [6.45, 7) is 7.40. The molecule has 5 heteroatoms. The van der Waals surface area contributed by atoms with Gasteiger partial charge in [0.2, 0.25) is 0 Å². The van der Waals surface area contributed by atoms with Gasteiger partial charge in [-0.3, -0.25) is 0 Å². The number of halogens is 1. The zero-order valence-electron chi connectivity index (χ0n) is 12.8. The van der Waals surface area contributed by atoms with E-state index >= 15 is 0 Å². The SMILES string of the molecule is CSC1(CNc2cc(Br)nc(C(C)(C)C)n2)CCCC1. The second-order valence-electron chi connectivity index (χ2n) is 6.60. The molecule has 2 rings (SSSR count). The highest BCUT2D eigenvalue weighted by atomic mass is 79.9. The van der Waals surface area contributed by atoms with Gasteiger partial charge < -0.3 is 5.32 Å². The summed E-state index contributed by atoms with van der Waals surface area (Å²) in [5.41, 5.74) is -0.0369. The van der Waals surface area contributed by atoms with Gasteiger partial charge in [-0.1, -0.05) is 33.6 Å². The molecule has 1 heterocycles. The summed E-state index contributed by atoms with van der Waals surface area (Å²) in [6, 6.07) is 1.97. The highest BCUT2D eigenvalue weighted by Crippen LogP contribution is 2.40. The van der Waals surface area contributed by atoms with Crippen molar-refractivity contribution in [1.29, 1.82) is 0 Å². The predicted octanol–water partition coefficient (Wildman–Crippen LogP) is 4.62. The molecule has 20 heavy (non-hydrogen) atoms. The van der Waals surface area contributed by atoms with Crippen molar-refractivity contribution >= 4 is 33.5 Å². The van der Waals surface area contributed by atoms with Crippen molar-refractivity contribution in [2.75, 3.05) is 18.1 Å². The van der Waals surface area contributed by atoms with Crippen LogP contribution in [0.1, 0.15) is 52.3 Å². The van der Waals surface area contributed by atoms with Crippen LogP contribution in [0.25, 0.3) is 0 Å². The van der Waals surface area contributed by atoms with Crippen LogP contribution in [0, 0.1) is 0 Å². The van der Waals surface area contributed by atoms with Crippen molar-refractivity contribution < 1.29 is 0 Å². The molecule has 3 nitrogen and oxygen atoms in total. The fourth-order valence-electron chi connectivity index (χ4n) is 2.57. The number of thioether (sulfide) groups is 1. The molecule has 0 radical (unpaired) electrons. The Balaban J connectivity index is 2.11. The van der Waals surface area contributed by atoms with Crippen molar-refractivity contribution in [3.05, 3.63) is 16.5 Å². The molecule has 0 spiro atoms. The quantitative estimate of drug-likeness (QED) is 0.797. The minimum atomic E-state index is -0.0369. The molecule has 1 saturated carbocycles. The van der Waals surface area contributed by atoms with Crippen LogP contribution >= 0.6 is 27.7 Å². The summed E-state index contributed by atoms with van der Waals surface area (Å²) in [5, 5.41) is 3.53. The first kappa shape index (κ1) is 16.1. The van der Waals surface area contributed by atoms with E-state index in [-0.39, 0.29) is 5.41 Å². The summed E-state index contributed by atoms with van der Waals surface area (Å²) >= 11 is 5.49. The first-order valence-electron chi connectivity index (χ1n) is 7.19. The third-order valence-electron chi connectivity index (χ3n) is 3.91. The van der Waals surface area contributed by atoms with Crippen LogP contribution in [0.3, 0.4) is 0 Å². The van der Waals surface area contributed by atoms with Gasteiger partial charge in [0.25, 0.3) is 0 Å². The Labute approximate surface area is 134 Å². The monoisotopic (exact) mass is 357 g/mol. The minimum absolute atomic E-state index is 0.0369. The molecule has 0 aliphatic heterocycles. The van der Waals surface area contributed by atoms with Crippen LogP contribution in [0.2, 0.25) is 0 Å². The number of rotatable bonds is 4. The van der Waals surface area contributed by atoms with E-state index in [4.69, 9.17) is 0 Å². The second-order valence-corrected chi connectivity index (χ2v) is 8.68. The average molecular weight is 358 g/mol. The molecular formula is C15H24BrN3S. The van der Waals surface area contributed by atoms with E-state index in [1.165, 1.54) is 25.7 Å². The van der Waals surface area contributed by atoms with Crippen LogP contribution < -0.4 is 5.32 Å². The summed E-state index contributed by atoms with van der Waals surface area (Å²) in [5.74, 6) is 1.80. The van der Waals surface area contributed by atoms with E-state index in [0.29, 0.717) is 4.75 Å². The fraction of sp³-hybridized carbons (Fsp3) is 0.733. The van der Waals surface area contributed by atoms with E-state index < -0.39 is 0 Å². The normalized spacial score (nSPS) is 18.2. The third-order valence-corrected chi connectivity index (χ3v) is 5.73. The molecule has 112 valence electrons. The molecule has 0 saturated heterocycles. The number of anilines is 1. The molecule has 0 bridgehead atoms. The number of hydrogen-bond acceptors (Lipinski definition) is 4. The van der Waals surface area contributed by atoms with Crippen LogP contribution in [0.4, 0.5) is 5.82 Å². The zero-order chi connectivity index (χ0) is 14.8. The van der Waals surface area contributed by atoms with Crippen molar-refractivity contribution in [3.63, 3.8) is 0 Å². The van der Waals surface area contributed by atoms with Crippen molar-refractivity contribution in [3.8, 4) is 0 Å². The maximum Gasteiger partial charge on any atom is 0.137 e. The molecule has 1 aliphatic carbocycles. The van der Waals surface area contributed by atoms with Gasteiger partial charge in [0, 0.05) is 22.8 Å². The Bertz CT molecular complexity index is 465. The van der Waals surface area contributed by atoms with Crippen molar-refractivity contribution in [1.82, 2.24) is 9.97 Å². The molecule has 1 aliphatic rings. The van der Waals surface area contributed by atoms with Gasteiger partial charge in [-0.25, -0.2) is 9.97 Å².